The minimum absolute atomic E-state index is 0.0400. The van der Waals surface area contributed by atoms with Crippen LogP contribution in [-0.2, 0) is 0 Å². The number of nitrogens with one attached hydrogen (secondary N) is 2. The Bertz CT molecular complexity index is 439. The van der Waals surface area contributed by atoms with E-state index in [1.54, 1.807) is 0 Å². The Morgan fingerprint density at radius 1 is 1.24 bits per heavy atom. The standard InChI is InChI=1S/C9H10Cl2N4O2/c10-5-1-2-6(11)15-7(5)8(16)13-3-4-14-9(12)17/h1-2H,3-4H2,(H,13,16)(H3,12,14,17). The Hall–Kier alpha value is -1.53. The van der Waals surface area contributed by atoms with Gasteiger partial charge >= 0.3 is 6.03 Å². The summed E-state index contributed by atoms with van der Waals surface area (Å²) < 4.78 is 0. The molecule has 1 aromatic heterocycles. The van der Waals surface area contributed by atoms with Crippen molar-refractivity contribution in [3.63, 3.8) is 0 Å². The van der Waals surface area contributed by atoms with Crippen molar-refractivity contribution in [3.8, 4) is 0 Å². The van der Waals surface area contributed by atoms with E-state index in [4.69, 9.17) is 28.9 Å². The molecule has 4 N–H and O–H groups in total. The van der Waals surface area contributed by atoms with Crippen LogP contribution in [-0.4, -0.2) is 30.0 Å². The molecule has 17 heavy (non-hydrogen) atoms. The zero-order valence-corrected chi connectivity index (χ0v) is 10.2. The lowest BCUT2D eigenvalue weighted by Gasteiger charge is -2.06. The highest BCUT2D eigenvalue weighted by molar-refractivity contribution is 6.34. The van der Waals surface area contributed by atoms with Crippen molar-refractivity contribution in [2.45, 2.75) is 0 Å². The number of pyridine rings is 1. The van der Waals surface area contributed by atoms with Crippen molar-refractivity contribution in [3.05, 3.63) is 28.0 Å². The van der Waals surface area contributed by atoms with Gasteiger partial charge in [-0.1, -0.05) is 23.2 Å². The molecule has 0 spiro atoms. The molecule has 1 heterocycles. The number of nitrogens with two attached hydrogens (primary N) is 1. The first-order chi connectivity index (χ1) is 8.00. The second kappa shape index (κ2) is 6.27. The van der Waals surface area contributed by atoms with Crippen LogP contribution in [0.4, 0.5) is 4.79 Å². The first-order valence-corrected chi connectivity index (χ1v) is 5.40. The second-order valence-corrected chi connectivity index (χ2v) is 3.81. The Morgan fingerprint density at radius 2 is 1.88 bits per heavy atom. The molecule has 0 aliphatic heterocycles. The molecule has 0 atom stereocenters. The minimum Gasteiger partial charge on any atom is -0.352 e. The number of hydrogen-bond donors (Lipinski definition) is 3. The molecule has 3 amide bonds. The van der Waals surface area contributed by atoms with E-state index in [1.807, 2.05) is 0 Å². The van der Waals surface area contributed by atoms with Gasteiger partial charge < -0.3 is 16.4 Å². The van der Waals surface area contributed by atoms with Crippen molar-refractivity contribution in [1.29, 1.82) is 0 Å². The molecule has 1 aromatic rings. The maximum atomic E-state index is 11.6. The first-order valence-electron chi connectivity index (χ1n) is 4.64. The van der Waals surface area contributed by atoms with Crippen molar-refractivity contribution in [2.24, 2.45) is 5.73 Å². The minimum atomic E-state index is -0.654. The van der Waals surface area contributed by atoms with Crippen LogP contribution in [0.15, 0.2) is 12.1 Å². The molecule has 0 fully saturated rings. The van der Waals surface area contributed by atoms with Gasteiger partial charge in [0.05, 0.1) is 5.02 Å². The lowest BCUT2D eigenvalue weighted by molar-refractivity contribution is 0.0949. The van der Waals surface area contributed by atoms with E-state index < -0.39 is 11.9 Å². The predicted molar refractivity (Wildman–Crippen MR) is 64.2 cm³/mol. The molecule has 8 heteroatoms. The maximum Gasteiger partial charge on any atom is 0.312 e. The number of hydrogen-bond acceptors (Lipinski definition) is 3. The van der Waals surface area contributed by atoms with Crippen molar-refractivity contribution in [2.75, 3.05) is 13.1 Å². The fourth-order valence-corrected chi connectivity index (χ4v) is 1.36. The summed E-state index contributed by atoms with van der Waals surface area (Å²) in [4.78, 5) is 25.8. The largest absolute Gasteiger partial charge is 0.352 e. The fraction of sp³-hybridized carbons (Fsp3) is 0.222. The quantitative estimate of drug-likeness (QED) is 0.560. The monoisotopic (exact) mass is 276 g/mol. The summed E-state index contributed by atoms with van der Waals surface area (Å²) in [7, 11) is 0. The maximum absolute atomic E-state index is 11.6. The van der Waals surface area contributed by atoms with Gasteiger partial charge in [0.1, 0.15) is 10.8 Å². The summed E-state index contributed by atoms with van der Waals surface area (Å²) >= 11 is 11.4. The molecule has 0 radical (unpaired) electrons. The normalized spacial score (nSPS) is 9.76. The summed E-state index contributed by atoms with van der Waals surface area (Å²) in [5, 5.41) is 5.21. The zero-order valence-electron chi connectivity index (χ0n) is 8.67. The van der Waals surface area contributed by atoms with Crippen LogP contribution in [0.2, 0.25) is 10.2 Å². The number of primary amides is 1. The number of amides is 3. The van der Waals surface area contributed by atoms with Crippen molar-refractivity contribution in [1.82, 2.24) is 15.6 Å². The number of urea groups is 1. The average Bonchev–Trinajstić information content (AvgIpc) is 2.27. The van der Waals surface area contributed by atoms with Gasteiger partial charge in [0, 0.05) is 13.1 Å². The van der Waals surface area contributed by atoms with Crippen LogP contribution in [0.5, 0.6) is 0 Å². The first kappa shape index (κ1) is 13.5. The molecular formula is C9H10Cl2N4O2. The molecule has 1 rings (SSSR count). The van der Waals surface area contributed by atoms with E-state index in [0.29, 0.717) is 0 Å². The molecule has 0 saturated heterocycles. The number of carbonyl (C=O) groups excluding carboxylic acids is 2. The SMILES string of the molecule is NC(=O)NCCNC(=O)c1nc(Cl)ccc1Cl. The molecule has 92 valence electrons. The number of nitrogens with zero attached hydrogens (tertiary/aromatic N) is 1. The lowest BCUT2D eigenvalue weighted by Crippen LogP contribution is -2.37. The van der Waals surface area contributed by atoms with Gasteiger partial charge in [-0.05, 0) is 12.1 Å². The van der Waals surface area contributed by atoms with Gasteiger partial charge in [-0.3, -0.25) is 4.79 Å². The van der Waals surface area contributed by atoms with Crippen LogP contribution in [0, 0.1) is 0 Å². The molecule has 0 bridgehead atoms. The third-order valence-corrected chi connectivity index (χ3v) is 2.25. The fourth-order valence-electron chi connectivity index (χ4n) is 1.02. The van der Waals surface area contributed by atoms with E-state index >= 15 is 0 Å². The summed E-state index contributed by atoms with van der Waals surface area (Å²) in [6, 6.07) is 2.31. The lowest BCUT2D eigenvalue weighted by atomic mass is 10.3. The number of aromatic nitrogens is 1. The van der Waals surface area contributed by atoms with Crippen molar-refractivity contribution >= 4 is 35.1 Å². The third kappa shape index (κ3) is 4.46. The topological polar surface area (TPSA) is 97.1 Å². The predicted octanol–water partition coefficient (Wildman–Crippen LogP) is 0.786. The molecule has 6 nitrogen and oxygen atoms in total. The average molecular weight is 277 g/mol. The summed E-state index contributed by atoms with van der Waals surface area (Å²) in [5.41, 5.74) is 4.89. The van der Waals surface area contributed by atoms with E-state index in [9.17, 15) is 9.59 Å². The van der Waals surface area contributed by atoms with Gasteiger partial charge in [0.25, 0.3) is 5.91 Å². The summed E-state index contributed by atoms with van der Waals surface area (Å²) in [6.07, 6.45) is 0. The van der Waals surface area contributed by atoms with Crippen LogP contribution in [0.1, 0.15) is 10.5 Å². The molecule has 0 aliphatic rings. The van der Waals surface area contributed by atoms with Crippen LogP contribution < -0.4 is 16.4 Å². The Kier molecular flexibility index (Phi) is 4.99. The smallest absolute Gasteiger partial charge is 0.312 e. The number of carbonyl (C=O) groups is 2. The van der Waals surface area contributed by atoms with Crippen LogP contribution in [0.3, 0.4) is 0 Å². The molecule has 0 saturated carbocycles. The van der Waals surface area contributed by atoms with Gasteiger partial charge in [-0.25, -0.2) is 9.78 Å². The van der Waals surface area contributed by atoms with E-state index in [1.165, 1.54) is 12.1 Å². The van der Waals surface area contributed by atoms with Crippen molar-refractivity contribution < 1.29 is 9.59 Å². The number of halogens is 2. The Balaban J connectivity index is 2.52. The van der Waals surface area contributed by atoms with E-state index in [0.717, 1.165) is 0 Å². The Labute approximate surface area is 107 Å². The highest BCUT2D eigenvalue weighted by Gasteiger charge is 2.12. The summed E-state index contributed by atoms with van der Waals surface area (Å²) in [6.45, 7) is 0.436. The highest BCUT2D eigenvalue weighted by Crippen LogP contribution is 2.16. The van der Waals surface area contributed by atoms with E-state index in [-0.39, 0.29) is 29.0 Å². The molecular weight excluding hydrogens is 267 g/mol. The third-order valence-electron chi connectivity index (χ3n) is 1.74. The number of rotatable bonds is 4. The van der Waals surface area contributed by atoms with Gasteiger partial charge in [-0.15, -0.1) is 0 Å². The van der Waals surface area contributed by atoms with Gasteiger partial charge in [-0.2, -0.15) is 0 Å². The van der Waals surface area contributed by atoms with Gasteiger partial charge in [0.15, 0.2) is 0 Å². The Morgan fingerprint density at radius 3 is 2.53 bits per heavy atom. The molecule has 0 aliphatic carbocycles. The van der Waals surface area contributed by atoms with Crippen LogP contribution in [0.25, 0.3) is 0 Å². The van der Waals surface area contributed by atoms with E-state index in [2.05, 4.69) is 15.6 Å². The van der Waals surface area contributed by atoms with Crippen LogP contribution >= 0.6 is 23.2 Å². The highest BCUT2D eigenvalue weighted by atomic mass is 35.5. The zero-order chi connectivity index (χ0) is 12.8. The second-order valence-electron chi connectivity index (χ2n) is 3.01. The summed E-state index contributed by atoms with van der Waals surface area (Å²) in [5.74, 6) is -0.469. The van der Waals surface area contributed by atoms with Gasteiger partial charge in [0.2, 0.25) is 0 Å². The molecule has 0 aromatic carbocycles. The molecule has 0 unspecified atom stereocenters.